The molecule has 0 spiro atoms. The van der Waals surface area contributed by atoms with Gasteiger partial charge in [-0.05, 0) is 44.9 Å². The van der Waals surface area contributed by atoms with Gasteiger partial charge < -0.3 is 34.3 Å². The molecular formula is C45H80O12S. The minimum Gasteiger partial charge on any atom is -0.462 e. The summed E-state index contributed by atoms with van der Waals surface area (Å²) in [6.07, 6.45) is 30.4. The second-order valence-corrected chi connectivity index (χ2v) is 17.2. The fourth-order valence-electron chi connectivity index (χ4n) is 6.75. The Morgan fingerprint density at radius 2 is 1.09 bits per heavy atom. The molecule has 0 aromatic carbocycles. The van der Waals surface area contributed by atoms with E-state index in [1.165, 1.54) is 57.8 Å². The van der Waals surface area contributed by atoms with E-state index in [2.05, 4.69) is 50.3 Å². The SMILES string of the molecule is CC/C=C\C/C=C\C/C=C\CCCCCCCCCC(=O)OC(COC(=O)CCCCCCCCCCCCCCC)COC1OC(CS(=O)(=O)O)C(O)C(O)C1O. The molecule has 338 valence electrons. The van der Waals surface area contributed by atoms with Gasteiger partial charge in [0.05, 0.1) is 6.61 Å². The number of aliphatic hydroxyl groups is 3. The molecule has 1 aliphatic rings. The number of ether oxygens (including phenoxy) is 4. The number of esters is 2. The number of carbonyl (C=O) groups excluding carboxylic acids is 2. The van der Waals surface area contributed by atoms with Crippen molar-refractivity contribution in [2.24, 2.45) is 0 Å². The Labute approximate surface area is 351 Å². The molecule has 6 atom stereocenters. The van der Waals surface area contributed by atoms with E-state index in [1.807, 2.05) is 0 Å². The second-order valence-electron chi connectivity index (χ2n) is 15.7. The third-order valence-corrected chi connectivity index (χ3v) is 11.0. The number of aliphatic hydroxyl groups excluding tert-OH is 3. The fourth-order valence-corrected chi connectivity index (χ4v) is 7.44. The van der Waals surface area contributed by atoms with Crippen molar-refractivity contribution < 1.29 is 56.8 Å². The third-order valence-electron chi connectivity index (χ3n) is 10.2. The normalized spacial score (nSPS) is 20.7. The fraction of sp³-hybridized carbons (Fsp3) is 0.822. The molecule has 1 saturated heterocycles. The van der Waals surface area contributed by atoms with Gasteiger partial charge in [-0.25, -0.2) is 0 Å². The van der Waals surface area contributed by atoms with E-state index in [4.69, 9.17) is 18.9 Å². The average Bonchev–Trinajstić information content (AvgIpc) is 3.18. The smallest absolute Gasteiger partial charge is 0.306 e. The third kappa shape index (κ3) is 30.0. The predicted octanol–water partition coefficient (Wildman–Crippen LogP) is 9.00. The summed E-state index contributed by atoms with van der Waals surface area (Å²) in [7, 11) is -4.60. The van der Waals surface area contributed by atoms with Crippen LogP contribution in [-0.2, 0) is 38.7 Å². The summed E-state index contributed by atoms with van der Waals surface area (Å²) in [6, 6.07) is 0. The largest absolute Gasteiger partial charge is 0.462 e. The van der Waals surface area contributed by atoms with Gasteiger partial charge in [-0.15, -0.1) is 0 Å². The maximum Gasteiger partial charge on any atom is 0.306 e. The zero-order valence-electron chi connectivity index (χ0n) is 35.9. The van der Waals surface area contributed by atoms with E-state index in [0.717, 1.165) is 83.5 Å². The molecule has 12 nitrogen and oxygen atoms in total. The van der Waals surface area contributed by atoms with Crippen LogP contribution in [0.2, 0.25) is 0 Å². The molecule has 0 aliphatic carbocycles. The van der Waals surface area contributed by atoms with Gasteiger partial charge in [0.2, 0.25) is 0 Å². The Morgan fingerprint density at radius 1 is 0.603 bits per heavy atom. The Balaban J connectivity index is 2.45. The lowest BCUT2D eigenvalue weighted by molar-refractivity contribution is -0.297. The van der Waals surface area contributed by atoms with Crippen LogP contribution in [0.25, 0.3) is 0 Å². The summed E-state index contributed by atoms with van der Waals surface area (Å²) in [5.41, 5.74) is 0. The Kier molecular flexibility index (Phi) is 33.1. The molecule has 0 bridgehead atoms. The van der Waals surface area contributed by atoms with Gasteiger partial charge in [-0.3, -0.25) is 14.1 Å². The van der Waals surface area contributed by atoms with Gasteiger partial charge in [-0.2, -0.15) is 8.42 Å². The molecule has 0 aromatic rings. The van der Waals surface area contributed by atoms with Crippen LogP contribution in [0.3, 0.4) is 0 Å². The average molecular weight is 845 g/mol. The zero-order valence-corrected chi connectivity index (χ0v) is 36.7. The van der Waals surface area contributed by atoms with Crippen molar-refractivity contribution in [3.63, 3.8) is 0 Å². The standard InChI is InChI=1S/C45H80O12S/c1-3-5-7-9-11-13-15-17-18-19-20-22-24-26-28-30-32-34-41(47)56-38(36-55-45-44(50)43(49)42(48)39(57-45)37-58(51,52)53)35-54-40(46)33-31-29-27-25-23-21-16-14-12-10-8-6-4-2/h5,7,11,13,17-18,38-39,42-45,48-50H,3-4,6,8-10,12,14-16,19-37H2,1-2H3,(H,51,52,53)/b7-5-,13-11-,18-17-. The van der Waals surface area contributed by atoms with E-state index in [-0.39, 0.29) is 19.4 Å². The van der Waals surface area contributed by atoms with Gasteiger partial charge in [0.1, 0.15) is 36.8 Å². The molecule has 0 aromatic heterocycles. The highest BCUT2D eigenvalue weighted by Gasteiger charge is 2.46. The summed E-state index contributed by atoms with van der Waals surface area (Å²) >= 11 is 0. The Bertz CT molecular complexity index is 1220. The van der Waals surface area contributed by atoms with Gasteiger partial charge in [0, 0.05) is 12.8 Å². The minimum atomic E-state index is -4.60. The number of allylic oxidation sites excluding steroid dienone is 6. The van der Waals surface area contributed by atoms with E-state index in [1.54, 1.807) is 0 Å². The van der Waals surface area contributed by atoms with Crippen molar-refractivity contribution >= 4 is 22.1 Å². The molecule has 6 unspecified atom stereocenters. The summed E-state index contributed by atoms with van der Waals surface area (Å²) in [4.78, 5) is 25.4. The zero-order chi connectivity index (χ0) is 42.7. The van der Waals surface area contributed by atoms with Crippen LogP contribution in [0.4, 0.5) is 0 Å². The van der Waals surface area contributed by atoms with E-state index >= 15 is 0 Å². The lowest BCUT2D eigenvalue weighted by Crippen LogP contribution is -2.60. The summed E-state index contributed by atoms with van der Waals surface area (Å²) < 4.78 is 54.0. The van der Waals surface area contributed by atoms with Crippen LogP contribution >= 0.6 is 0 Å². The summed E-state index contributed by atoms with van der Waals surface area (Å²) in [5, 5.41) is 30.9. The number of hydrogen-bond acceptors (Lipinski definition) is 11. The first-order valence-corrected chi connectivity index (χ1v) is 24.2. The first kappa shape index (κ1) is 53.9. The van der Waals surface area contributed by atoms with Crippen molar-refractivity contribution in [2.75, 3.05) is 19.0 Å². The van der Waals surface area contributed by atoms with Crippen molar-refractivity contribution in [3.8, 4) is 0 Å². The Hall–Kier alpha value is -2.13. The number of carbonyl (C=O) groups is 2. The van der Waals surface area contributed by atoms with Gasteiger partial charge >= 0.3 is 11.9 Å². The maximum absolute atomic E-state index is 12.8. The van der Waals surface area contributed by atoms with Crippen molar-refractivity contribution in [1.82, 2.24) is 0 Å². The Morgan fingerprint density at radius 3 is 1.62 bits per heavy atom. The van der Waals surface area contributed by atoms with Gasteiger partial charge in [0.25, 0.3) is 10.1 Å². The molecule has 1 fully saturated rings. The van der Waals surface area contributed by atoms with Crippen LogP contribution in [0.5, 0.6) is 0 Å². The lowest BCUT2D eigenvalue weighted by atomic mass is 10.00. The van der Waals surface area contributed by atoms with E-state index in [9.17, 15) is 37.9 Å². The second kappa shape index (κ2) is 35.6. The topological polar surface area (TPSA) is 186 Å². The highest BCUT2D eigenvalue weighted by molar-refractivity contribution is 7.85. The minimum absolute atomic E-state index is 0.154. The molecule has 0 saturated carbocycles. The van der Waals surface area contributed by atoms with Crippen LogP contribution < -0.4 is 0 Å². The van der Waals surface area contributed by atoms with E-state index in [0.29, 0.717) is 12.8 Å². The molecular weight excluding hydrogens is 765 g/mol. The molecule has 1 heterocycles. The van der Waals surface area contributed by atoms with E-state index < -0.39 is 71.2 Å². The first-order chi connectivity index (χ1) is 28.0. The number of rotatable bonds is 37. The number of unbranched alkanes of at least 4 members (excludes halogenated alkanes) is 19. The highest BCUT2D eigenvalue weighted by atomic mass is 32.2. The van der Waals surface area contributed by atoms with Crippen molar-refractivity contribution in [1.29, 1.82) is 0 Å². The van der Waals surface area contributed by atoms with Gasteiger partial charge in [-0.1, -0.05) is 159 Å². The molecule has 0 radical (unpaired) electrons. The summed E-state index contributed by atoms with van der Waals surface area (Å²) in [5.74, 6) is -1.99. The molecule has 4 N–H and O–H groups in total. The molecule has 1 rings (SSSR count). The van der Waals surface area contributed by atoms with Crippen LogP contribution in [0.15, 0.2) is 36.5 Å². The predicted molar refractivity (Wildman–Crippen MR) is 229 cm³/mol. The molecule has 0 amide bonds. The number of hydrogen-bond donors (Lipinski definition) is 4. The molecule has 13 heteroatoms. The quantitative estimate of drug-likeness (QED) is 0.0202. The lowest BCUT2D eigenvalue weighted by Gasteiger charge is -2.40. The van der Waals surface area contributed by atoms with Crippen LogP contribution in [0.1, 0.15) is 181 Å². The van der Waals surface area contributed by atoms with Crippen molar-refractivity contribution in [2.45, 2.75) is 218 Å². The van der Waals surface area contributed by atoms with Gasteiger partial charge in [0.15, 0.2) is 12.4 Å². The monoisotopic (exact) mass is 845 g/mol. The highest BCUT2D eigenvalue weighted by Crippen LogP contribution is 2.24. The summed E-state index contributed by atoms with van der Waals surface area (Å²) in [6.45, 7) is 3.64. The molecule has 1 aliphatic heterocycles. The van der Waals surface area contributed by atoms with Crippen LogP contribution in [-0.4, -0.2) is 96.0 Å². The van der Waals surface area contributed by atoms with Crippen LogP contribution in [0, 0.1) is 0 Å². The first-order valence-electron chi connectivity index (χ1n) is 22.5. The van der Waals surface area contributed by atoms with Crippen molar-refractivity contribution in [3.05, 3.63) is 36.5 Å². The molecule has 58 heavy (non-hydrogen) atoms. The maximum atomic E-state index is 12.8.